The molecule has 5 nitrogen and oxygen atoms in total. The SMILES string of the molecule is CCC(C)c1ccc(OCC(=O)Nc2ccc(NC(=O)c3ccccc3)c(C)c2)cc1. The maximum absolute atomic E-state index is 12.3. The molecule has 3 aromatic carbocycles. The number of aryl methyl sites for hydroxylation is 1. The van der Waals surface area contributed by atoms with E-state index in [4.69, 9.17) is 4.74 Å². The van der Waals surface area contributed by atoms with Crippen LogP contribution in [0.1, 0.15) is 47.7 Å². The molecule has 2 amide bonds. The molecule has 1 atom stereocenters. The molecular weight excluding hydrogens is 388 g/mol. The highest BCUT2D eigenvalue weighted by molar-refractivity contribution is 6.04. The average molecular weight is 417 g/mol. The number of rotatable bonds is 8. The highest BCUT2D eigenvalue weighted by Gasteiger charge is 2.10. The van der Waals surface area contributed by atoms with Crippen LogP contribution in [0, 0.1) is 6.92 Å². The average Bonchev–Trinajstić information content (AvgIpc) is 2.80. The topological polar surface area (TPSA) is 67.4 Å². The zero-order valence-electron chi connectivity index (χ0n) is 18.1. The first-order chi connectivity index (χ1) is 15.0. The van der Waals surface area contributed by atoms with Crippen LogP contribution in [-0.2, 0) is 4.79 Å². The molecule has 0 radical (unpaired) electrons. The molecule has 0 aromatic heterocycles. The Morgan fingerprint density at radius 2 is 1.65 bits per heavy atom. The second kappa shape index (κ2) is 10.4. The van der Waals surface area contributed by atoms with Gasteiger partial charge in [0.25, 0.3) is 11.8 Å². The number of carbonyl (C=O) groups is 2. The fourth-order valence-electron chi connectivity index (χ4n) is 3.14. The van der Waals surface area contributed by atoms with Crippen molar-refractivity contribution in [2.24, 2.45) is 0 Å². The number of anilines is 2. The van der Waals surface area contributed by atoms with E-state index in [1.165, 1.54) is 5.56 Å². The molecule has 0 aliphatic carbocycles. The molecule has 3 aromatic rings. The van der Waals surface area contributed by atoms with Crippen LogP contribution in [0.4, 0.5) is 11.4 Å². The Balaban J connectivity index is 1.53. The van der Waals surface area contributed by atoms with Gasteiger partial charge in [0.15, 0.2) is 6.61 Å². The Morgan fingerprint density at radius 1 is 0.935 bits per heavy atom. The molecule has 0 fully saturated rings. The van der Waals surface area contributed by atoms with Crippen LogP contribution >= 0.6 is 0 Å². The number of ether oxygens (including phenoxy) is 1. The zero-order chi connectivity index (χ0) is 22.2. The predicted octanol–water partition coefficient (Wildman–Crippen LogP) is 5.78. The first-order valence-corrected chi connectivity index (χ1v) is 10.5. The summed E-state index contributed by atoms with van der Waals surface area (Å²) in [5.41, 5.74) is 4.05. The van der Waals surface area contributed by atoms with Gasteiger partial charge in [-0.1, -0.05) is 44.2 Å². The van der Waals surface area contributed by atoms with Gasteiger partial charge in [0.05, 0.1) is 0 Å². The number of hydrogen-bond acceptors (Lipinski definition) is 3. The second-order valence-electron chi connectivity index (χ2n) is 7.57. The summed E-state index contributed by atoms with van der Waals surface area (Å²) in [6.45, 7) is 6.15. The van der Waals surface area contributed by atoms with Gasteiger partial charge in [-0.25, -0.2) is 0 Å². The minimum Gasteiger partial charge on any atom is -0.484 e. The molecule has 0 spiro atoms. The van der Waals surface area contributed by atoms with Gasteiger partial charge in [0.2, 0.25) is 0 Å². The molecule has 31 heavy (non-hydrogen) atoms. The van der Waals surface area contributed by atoms with E-state index >= 15 is 0 Å². The van der Waals surface area contributed by atoms with Gasteiger partial charge >= 0.3 is 0 Å². The van der Waals surface area contributed by atoms with E-state index in [0.717, 1.165) is 12.0 Å². The first-order valence-electron chi connectivity index (χ1n) is 10.5. The van der Waals surface area contributed by atoms with Crippen LogP contribution < -0.4 is 15.4 Å². The van der Waals surface area contributed by atoms with E-state index in [1.54, 1.807) is 24.3 Å². The highest BCUT2D eigenvalue weighted by Crippen LogP contribution is 2.22. The molecule has 0 heterocycles. The second-order valence-corrected chi connectivity index (χ2v) is 7.57. The number of amides is 2. The first kappa shape index (κ1) is 22.1. The number of carbonyl (C=O) groups excluding carboxylic acids is 2. The van der Waals surface area contributed by atoms with Crippen molar-refractivity contribution >= 4 is 23.2 Å². The van der Waals surface area contributed by atoms with Gasteiger partial charge in [-0.2, -0.15) is 0 Å². The van der Waals surface area contributed by atoms with Crippen molar-refractivity contribution in [3.63, 3.8) is 0 Å². The standard InChI is InChI=1S/C26H28N2O3/c1-4-18(2)20-10-13-23(14-11-20)31-17-25(29)27-22-12-15-24(19(3)16-22)28-26(30)21-8-6-5-7-9-21/h5-16,18H,4,17H2,1-3H3,(H,27,29)(H,28,30). The summed E-state index contributed by atoms with van der Waals surface area (Å²) in [6.07, 6.45) is 1.08. The molecule has 0 saturated carbocycles. The van der Waals surface area contributed by atoms with E-state index < -0.39 is 0 Å². The van der Waals surface area contributed by atoms with Crippen LogP contribution in [0.5, 0.6) is 5.75 Å². The van der Waals surface area contributed by atoms with Gasteiger partial charge in [-0.05, 0) is 72.9 Å². The normalized spacial score (nSPS) is 11.5. The summed E-state index contributed by atoms with van der Waals surface area (Å²) < 4.78 is 5.59. The lowest BCUT2D eigenvalue weighted by molar-refractivity contribution is -0.118. The molecular formula is C26H28N2O3. The Morgan fingerprint density at radius 3 is 2.29 bits per heavy atom. The molecule has 5 heteroatoms. The quantitative estimate of drug-likeness (QED) is 0.489. The maximum Gasteiger partial charge on any atom is 0.262 e. The van der Waals surface area contributed by atoms with E-state index in [-0.39, 0.29) is 18.4 Å². The summed E-state index contributed by atoms with van der Waals surface area (Å²) in [5.74, 6) is 0.748. The van der Waals surface area contributed by atoms with Crippen molar-refractivity contribution in [3.05, 3.63) is 89.5 Å². The Bertz CT molecular complexity index is 1030. The molecule has 1 unspecified atom stereocenters. The molecule has 0 aliphatic rings. The summed E-state index contributed by atoms with van der Waals surface area (Å²) in [4.78, 5) is 24.6. The third-order valence-corrected chi connectivity index (χ3v) is 5.23. The molecule has 3 rings (SSSR count). The fraction of sp³-hybridized carbons (Fsp3) is 0.231. The Hall–Kier alpha value is -3.60. The molecule has 2 N–H and O–H groups in total. The van der Waals surface area contributed by atoms with Gasteiger partial charge in [0.1, 0.15) is 5.75 Å². The lowest BCUT2D eigenvalue weighted by atomic mass is 9.99. The van der Waals surface area contributed by atoms with Crippen molar-refractivity contribution in [3.8, 4) is 5.75 Å². The zero-order valence-corrected chi connectivity index (χ0v) is 18.1. The molecule has 0 saturated heterocycles. The van der Waals surface area contributed by atoms with Crippen LogP contribution in [0.3, 0.4) is 0 Å². The van der Waals surface area contributed by atoms with Crippen LogP contribution in [0.2, 0.25) is 0 Å². The van der Waals surface area contributed by atoms with Crippen LogP contribution in [-0.4, -0.2) is 18.4 Å². The third-order valence-electron chi connectivity index (χ3n) is 5.23. The summed E-state index contributed by atoms with van der Waals surface area (Å²) >= 11 is 0. The van der Waals surface area contributed by atoms with Crippen molar-refractivity contribution in [2.75, 3.05) is 17.2 Å². The van der Waals surface area contributed by atoms with Gasteiger partial charge in [-0.15, -0.1) is 0 Å². The number of benzene rings is 3. The lowest BCUT2D eigenvalue weighted by Crippen LogP contribution is -2.20. The van der Waals surface area contributed by atoms with Gasteiger partial charge in [0, 0.05) is 16.9 Å². The minimum atomic E-state index is -0.244. The predicted molar refractivity (Wildman–Crippen MR) is 125 cm³/mol. The van der Waals surface area contributed by atoms with Crippen molar-refractivity contribution in [1.82, 2.24) is 0 Å². The van der Waals surface area contributed by atoms with E-state index in [1.807, 2.05) is 55.5 Å². The number of nitrogens with one attached hydrogen (secondary N) is 2. The fourth-order valence-corrected chi connectivity index (χ4v) is 3.14. The number of hydrogen-bond donors (Lipinski definition) is 2. The summed E-state index contributed by atoms with van der Waals surface area (Å²) in [5, 5.41) is 5.72. The third kappa shape index (κ3) is 6.19. The Kier molecular flexibility index (Phi) is 7.44. The van der Waals surface area contributed by atoms with E-state index in [9.17, 15) is 9.59 Å². The lowest BCUT2D eigenvalue weighted by Gasteiger charge is -2.12. The molecule has 160 valence electrons. The summed E-state index contributed by atoms with van der Waals surface area (Å²) in [6, 6.07) is 22.2. The molecule has 0 aliphatic heterocycles. The van der Waals surface area contributed by atoms with Crippen molar-refractivity contribution in [1.29, 1.82) is 0 Å². The Labute approximate surface area is 183 Å². The van der Waals surface area contributed by atoms with E-state index in [0.29, 0.717) is 28.6 Å². The largest absolute Gasteiger partial charge is 0.484 e. The van der Waals surface area contributed by atoms with Gasteiger partial charge < -0.3 is 15.4 Å². The highest BCUT2D eigenvalue weighted by atomic mass is 16.5. The minimum absolute atomic E-state index is 0.0752. The summed E-state index contributed by atoms with van der Waals surface area (Å²) in [7, 11) is 0. The monoisotopic (exact) mass is 416 g/mol. The van der Waals surface area contributed by atoms with Crippen LogP contribution in [0.25, 0.3) is 0 Å². The molecule has 0 bridgehead atoms. The van der Waals surface area contributed by atoms with E-state index in [2.05, 4.69) is 24.5 Å². The van der Waals surface area contributed by atoms with Crippen LogP contribution in [0.15, 0.2) is 72.8 Å². The van der Waals surface area contributed by atoms with Gasteiger partial charge in [-0.3, -0.25) is 9.59 Å². The van der Waals surface area contributed by atoms with Crippen molar-refractivity contribution < 1.29 is 14.3 Å². The smallest absolute Gasteiger partial charge is 0.262 e. The van der Waals surface area contributed by atoms with Crippen molar-refractivity contribution in [2.45, 2.75) is 33.1 Å². The maximum atomic E-state index is 12.3.